The molecule has 0 aliphatic heterocycles. The molecule has 0 radical (unpaired) electrons. The van der Waals surface area contributed by atoms with Crippen LogP contribution in [0.25, 0.3) is 0 Å². The lowest BCUT2D eigenvalue weighted by Gasteiger charge is -2.27. The predicted octanol–water partition coefficient (Wildman–Crippen LogP) is 2.89. The molecular weight excluding hydrogens is 198 g/mol. The first kappa shape index (κ1) is 13.2. The van der Waals surface area contributed by atoms with E-state index in [2.05, 4.69) is 45.0 Å². The van der Waals surface area contributed by atoms with Crippen LogP contribution >= 0.6 is 0 Å². The maximum absolute atomic E-state index is 5.86. The zero-order chi connectivity index (χ0) is 12.0. The lowest BCUT2D eigenvalue weighted by Crippen LogP contribution is -2.36. The summed E-state index contributed by atoms with van der Waals surface area (Å²) in [5.41, 5.74) is 8.09. The molecular formula is C14H23NO. The minimum Gasteiger partial charge on any atom is -0.369 e. The fourth-order valence-corrected chi connectivity index (χ4v) is 1.43. The van der Waals surface area contributed by atoms with Crippen LogP contribution in [-0.4, -0.2) is 12.1 Å². The van der Waals surface area contributed by atoms with Crippen molar-refractivity contribution in [2.75, 3.05) is 6.54 Å². The normalized spacial score (nSPS) is 14.8. The lowest BCUT2D eigenvalue weighted by atomic mass is 10.0. The van der Waals surface area contributed by atoms with Gasteiger partial charge in [0.25, 0.3) is 0 Å². The van der Waals surface area contributed by atoms with E-state index in [0.29, 0.717) is 13.2 Å². The van der Waals surface area contributed by atoms with Crippen LogP contribution in [0.15, 0.2) is 24.3 Å². The van der Waals surface area contributed by atoms with Crippen molar-refractivity contribution in [2.45, 2.75) is 45.8 Å². The van der Waals surface area contributed by atoms with Gasteiger partial charge in [0.05, 0.1) is 12.2 Å². The first-order chi connectivity index (χ1) is 7.63. The van der Waals surface area contributed by atoms with E-state index in [1.165, 1.54) is 11.1 Å². The summed E-state index contributed by atoms with van der Waals surface area (Å²) in [7, 11) is 0. The van der Waals surface area contributed by atoms with E-state index < -0.39 is 0 Å². The second-order valence-corrected chi connectivity index (χ2v) is 4.47. The smallest absolute Gasteiger partial charge is 0.0778 e. The van der Waals surface area contributed by atoms with Gasteiger partial charge in [-0.25, -0.2) is 0 Å². The SMILES string of the molecule is CCc1ccc(COC(C)(CC)CN)cc1. The van der Waals surface area contributed by atoms with Crippen LogP contribution in [0.2, 0.25) is 0 Å². The van der Waals surface area contributed by atoms with Gasteiger partial charge in [-0.15, -0.1) is 0 Å². The third kappa shape index (κ3) is 3.62. The van der Waals surface area contributed by atoms with Crippen molar-refractivity contribution in [3.63, 3.8) is 0 Å². The molecule has 0 bridgehead atoms. The van der Waals surface area contributed by atoms with Gasteiger partial charge in [0.1, 0.15) is 0 Å². The summed E-state index contributed by atoms with van der Waals surface area (Å²) < 4.78 is 5.86. The highest BCUT2D eigenvalue weighted by atomic mass is 16.5. The van der Waals surface area contributed by atoms with E-state index in [1.54, 1.807) is 0 Å². The molecule has 1 atom stereocenters. The molecule has 0 aliphatic rings. The van der Waals surface area contributed by atoms with Crippen LogP contribution in [0, 0.1) is 0 Å². The Morgan fingerprint density at radius 1 is 1.12 bits per heavy atom. The van der Waals surface area contributed by atoms with Crippen molar-refractivity contribution in [1.29, 1.82) is 0 Å². The van der Waals surface area contributed by atoms with Gasteiger partial charge in [0, 0.05) is 6.54 Å². The van der Waals surface area contributed by atoms with Crippen LogP contribution < -0.4 is 5.73 Å². The zero-order valence-electron chi connectivity index (χ0n) is 10.6. The molecule has 0 spiro atoms. The first-order valence-electron chi connectivity index (χ1n) is 6.05. The summed E-state index contributed by atoms with van der Waals surface area (Å²) in [6, 6.07) is 8.58. The maximum atomic E-state index is 5.86. The average molecular weight is 221 g/mol. The van der Waals surface area contributed by atoms with Gasteiger partial charge in [-0.3, -0.25) is 0 Å². The Hall–Kier alpha value is -0.860. The number of benzene rings is 1. The largest absolute Gasteiger partial charge is 0.369 e. The second kappa shape index (κ2) is 6.02. The molecule has 2 heteroatoms. The average Bonchev–Trinajstić information content (AvgIpc) is 2.36. The maximum Gasteiger partial charge on any atom is 0.0778 e. The highest BCUT2D eigenvalue weighted by Gasteiger charge is 2.20. The Morgan fingerprint density at radius 2 is 1.69 bits per heavy atom. The summed E-state index contributed by atoms with van der Waals surface area (Å²) in [6.07, 6.45) is 2.02. The van der Waals surface area contributed by atoms with Gasteiger partial charge in [-0.05, 0) is 30.9 Å². The molecule has 2 N–H and O–H groups in total. The van der Waals surface area contributed by atoms with Crippen molar-refractivity contribution in [2.24, 2.45) is 5.73 Å². The number of rotatable bonds is 6. The van der Waals surface area contributed by atoms with Crippen molar-refractivity contribution >= 4 is 0 Å². The second-order valence-electron chi connectivity index (χ2n) is 4.47. The Kier molecular flexibility index (Phi) is 4.97. The molecule has 0 heterocycles. The van der Waals surface area contributed by atoms with Crippen molar-refractivity contribution in [1.82, 2.24) is 0 Å². The Balaban J connectivity index is 2.54. The molecule has 1 rings (SSSR count). The van der Waals surface area contributed by atoms with Gasteiger partial charge in [-0.1, -0.05) is 38.1 Å². The van der Waals surface area contributed by atoms with E-state index in [9.17, 15) is 0 Å². The third-order valence-corrected chi connectivity index (χ3v) is 3.20. The van der Waals surface area contributed by atoms with Crippen LogP contribution in [0.3, 0.4) is 0 Å². The molecule has 0 aromatic heterocycles. The summed E-state index contributed by atoms with van der Waals surface area (Å²) in [6.45, 7) is 7.54. The van der Waals surface area contributed by atoms with E-state index in [1.807, 2.05) is 0 Å². The fourth-order valence-electron chi connectivity index (χ4n) is 1.43. The Bertz CT molecular complexity index is 301. The molecule has 2 nitrogen and oxygen atoms in total. The van der Waals surface area contributed by atoms with Crippen LogP contribution in [0.4, 0.5) is 0 Å². The van der Waals surface area contributed by atoms with E-state index in [-0.39, 0.29) is 5.60 Å². The molecule has 0 amide bonds. The molecule has 1 unspecified atom stereocenters. The van der Waals surface area contributed by atoms with Crippen molar-refractivity contribution in [3.05, 3.63) is 35.4 Å². The van der Waals surface area contributed by atoms with E-state index in [0.717, 1.165) is 12.8 Å². The molecule has 16 heavy (non-hydrogen) atoms. The summed E-state index contributed by atoms with van der Waals surface area (Å²) in [5, 5.41) is 0. The van der Waals surface area contributed by atoms with Gasteiger partial charge in [0.2, 0.25) is 0 Å². The molecule has 0 fully saturated rings. The molecule has 0 saturated heterocycles. The standard InChI is InChI=1S/C14H23NO/c1-4-12-6-8-13(9-7-12)10-16-14(3,5-2)11-15/h6-9H,4-5,10-11,15H2,1-3H3. The van der Waals surface area contributed by atoms with Crippen LogP contribution in [0.1, 0.15) is 38.3 Å². The minimum atomic E-state index is -0.191. The topological polar surface area (TPSA) is 35.2 Å². The molecule has 0 saturated carbocycles. The summed E-state index contributed by atoms with van der Waals surface area (Å²) >= 11 is 0. The molecule has 1 aromatic carbocycles. The molecule has 90 valence electrons. The van der Waals surface area contributed by atoms with Crippen molar-refractivity contribution < 1.29 is 4.74 Å². The van der Waals surface area contributed by atoms with Crippen LogP contribution in [-0.2, 0) is 17.8 Å². The summed E-state index contributed by atoms with van der Waals surface area (Å²) in [5.74, 6) is 0. The van der Waals surface area contributed by atoms with Gasteiger partial charge in [-0.2, -0.15) is 0 Å². The lowest BCUT2D eigenvalue weighted by molar-refractivity contribution is -0.0387. The number of nitrogens with two attached hydrogens (primary N) is 1. The number of aryl methyl sites for hydroxylation is 1. The van der Waals surface area contributed by atoms with Crippen molar-refractivity contribution in [3.8, 4) is 0 Å². The molecule has 0 aliphatic carbocycles. The first-order valence-corrected chi connectivity index (χ1v) is 6.05. The van der Waals surface area contributed by atoms with Crippen LogP contribution in [0.5, 0.6) is 0 Å². The van der Waals surface area contributed by atoms with Gasteiger partial charge < -0.3 is 10.5 Å². The summed E-state index contributed by atoms with van der Waals surface area (Å²) in [4.78, 5) is 0. The van der Waals surface area contributed by atoms with Gasteiger partial charge in [0.15, 0.2) is 0 Å². The minimum absolute atomic E-state index is 0.191. The quantitative estimate of drug-likeness (QED) is 0.801. The van der Waals surface area contributed by atoms with Gasteiger partial charge >= 0.3 is 0 Å². The number of hydrogen-bond acceptors (Lipinski definition) is 2. The fraction of sp³-hybridized carbons (Fsp3) is 0.571. The Labute approximate surface area is 98.8 Å². The third-order valence-electron chi connectivity index (χ3n) is 3.20. The highest BCUT2D eigenvalue weighted by molar-refractivity contribution is 5.21. The Morgan fingerprint density at radius 3 is 2.12 bits per heavy atom. The molecule has 1 aromatic rings. The predicted molar refractivity (Wildman–Crippen MR) is 68.4 cm³/mol. The number of ether oxygens (including phenoxy) is 1. The van der Waals surface area contributed by atoms with E-state index in [4.69, 9.17) is 10.5 Å². The number of hydrogen-bond donors (Lipinski definition) is 1. The monoisotopic (exact) mass is 221 g/mol. The zero-order valence-corrected chi connectivity index (χ0v) is 10.6. The van der Waals surface area contributed by atoms with E-state index >= 15 is 0 Å². The highest BCUT2D eigenvalue weighted by Crippen LogP contribution is 2.16.